The summed E-state index contributed by atoms with van der Waals surface area (Å²) in [7, 11) is 0. The zero-order valence-corrected chi connectivity index (χ0v) is 11.5. The van der Waals surface area contributed by atoms with Crippen molar-refractivity contribution in [2.45, 2.75) is 32.2 Å². The summed E-state index contributed by atoms with van der Waals surface area (Å²) in [4.78, 5) is 14.4. The van der Waals surface area contributed by atoms with Crippen molar-refractivity contribution in [1.29, 1.82) is 0 Å². The minimum absolute atomic E-state index is 0.228. The van der Waals surface area contributed by atoms with Crippen LogP contribution in [-0.4, -0.2) is 21.7 Å². The molecule has 4 nitrogen and oxygen atoms in total. The fourth-order valence-electron chi connectivity index (χ4n) is 1.54. The smallest absolute Gasteiger partial charge is 0.405 e. The van der Waals surface area contributed by atoms with Gasteiger partial charge in [-0.25, -0.2) is 13.6 Å². The summed E-state index contributed by atoms with van der Waals surface area (Å²) in [6.45, 7) is 3.32. The van der Waals surface area contributed by atoms with Crippen LogP contribution < -0.4 is 5.32 Å². The molecule has 0 aliphatic heterocycles. The van der Waals surface area contributed by atoms with Crippen LogP contribution in [0, 0.1) is 0 Å². The Labute approximate surface area is 112 Å². The van der Waals surface area contributed by atoms with Crippen LogP contribution in [0.25, 0.3) is 0 Å². The van der Waals surface area contributed by atoms with Crippen LogP contribution in [0.2, 0.25) is 0 Å². The fraction of sp³-hybridized carbons (Fsp3) is 0.455. The van der Waals surface area contributed by atoms with E-state index in [-0.39, 0.29) is 16.6 Å². The van der Waals surface area contributed by atoms with E-state index >= 15 is 0 Å². The first-order valence-electron chi connectivity index (χ1n) is 5.16. The highest BCUT2D eigenvalue weighted by Gasteiger charge is 2.22. The molecule has 1 rings (SSSR count). The Morgan fingerprint density at radius 3 is 2.67 bits per heavy atom. The molecule has 0 aromatic carbocycles. The number of carboxylic acid groups (broad SMARTS) is 1. The van der Waals surface area contributed by atoms with Crippen molar-refractivity contribution < 1.29 is 18.7 Å². The quantitative estimate of drug-likeness (QED) is 0.893. The van der Waals surface area contributed by atoms with Gasteiger partial charge >= 0.3 is 6.09 Å². The van der Waals surface area contributed by atoms with Crippen LogP contribution in [0.3, 0.4) is 0 Å². The second-order valence-corrected chi connectivity index (χ2v) is 5.32. The number of carbonyl (C=O) groups is 1. The summed E-state index contributed by atoms with van der Waals surface area (Å²) in [5.41, 5.74) is -0.697. The maximum absolute atomic E-state index is 12.6. The van der Waals surface area contributed by atoms with Gasteiger partial charge in [-0.15, -0.1) is 0 Å². The van der Waals surface area contributed by atoms with E-state index in [1.54, 1.807) is 19.9 Å². The van der Waals surface area contributed by atoms with Gasteiger partial charge in [0.1, 0.15) is 5.69 Å². The zero-order valence-electron chi connectivity index (χ0n) is 9.88. The number of nitrogens with zero attached hydrogens (tertiary/aromatic N) is 1. The molecule has 0 atom stereocenters. The van der Waals surface area contributed by atoms with E-state index < -0.39 is 18.1 Å². The highest BCUT2D eigenvalue weighted by Crippen LogP contribution is 2.26. The van der Waals surface area contributed by atoms with Crippen LogP contribution in [0.4, 0.5) is 13.6 Å². The molecular formula is C11H13BrF2N2O2. The van der Waals surface area contributed by atoms with Crippen LogP contribution in [0.15, 0.2) is 16.6 Å². The molecule has 18 heavy (non-hydrogen) atoms. The molecule has 1 heterocycles. The predicted octanol–water partition coefficient (Wildman–Crippen LogP) is 3.37. The topological polar surface area (TPSA) is 62.2 Å². The van der Waals surface area contributed by atoms with Crippen LogP contribution in [0.5, 0.6) is 0 Å². The van der Waals surface area contributed by atoms with Crippen molar-refractivity contribution in [2.24, 2.45) is 0 Å². The highest BCUT2D eigenvalue weighted by atomic mass is 79.9. The molecule has 0 aliphatic rings. The molecule has 0 radical (unpaired) electrons. The third-order valence-electron chi connectivity index (χ3n) is 2.21. The van der Waals surface area contributed by atoms with E-state index in [1.807, 2.05) is 0 Å². The van der Waals surface area contributed by atoms with E-state index in [4.69, 9.17) is 5.11 Å². The first-order valence-corrected chi connectivity index (χ1v) is 5.95. The number of hydrogen-bond acceptors (Lipinski definition) is 2. The van der Waals surface area contributed by atoms with Crippen LogP contribution in [0.1, 0.15) is 31.7 Å². The minimum atomic E-state index is -2.67. The number of rotatable bonds is 4. The average Bonchev–Trinajstić information content (AvgIpc) is 2.18. The van der Waals surface area contributed by atoms with Crippen molar-refractivity contribution >= 4 is 22.0 Å². The highest BCUT2D eigenvalue weighted by molar-refractivity contribution is 9.10. The van der Waals surface area contributed by atoms with E-state index in [0.29, 0.717) is 5.69 Å². The summed E-state index contributed by atoms with van der Waals surface area (Å²) >= 11 is 3.00. The monoisotopic (exact) mass is 322 g/mol. The molecule has 2 N–H and O–H groups in total. The molecule has 0 saturated carbocycles. The van der Waals surface area contributed by atoms with Gasteiger partial charge in [-0.05, 0) is 41.9 Å². The lowest BCUT2D eigenvalue weighted by atomic mass is 9.98. The number of nitrogens with one attached hydrogen (secondary N) is 1. The lowest BCUT2D eigenvalue weighted by Gasteiger charge is -2.24. The molecule has 0 fully saturated rings. The molecular weight excluding hydrogens is 310 g/mol. The summed E-state index contributed by atoms with van der Waals surface area (Å²) in [5.74, 6) is 0. The summed E-state index contributed by atoms with van der Waals surface area (Å²) < 4.78 is 25.5. The van der Waals surface area contributed by atoms with Gasteiger partial charge in [-0.2, -0.15) is 0 Å². The average molecular weight is 323 g/mol. The number of alkyl halides is 2. The Hall–Kier alpha value is -1.24. The number of pyridine rings is 1. The van der Waals surface area contributed by atoms with Crippen LogP contribution >= 0.6 is 15.9 Å². The summed E-state index contributed by atoms with van der Waals surface area (Å²) in [5, 5.41) is 11.0. The van der Waals surface area contributed by atoms with E-state index in [0.717, 1.165) is 0 Å². The number of halogens is 3. The van der Waals surface area contributed by atoms with Crippen molar-refractivity contribution in [3.63, 3.8) is 0 Å². The van der Waals surface area contributed by atoms with Crippen molar-refractivity contribution in [1.82, 2.24) is 10.3 Å². The second kappa shape index (κ2) is 5.60. The van der Waals surface area contributed by atoms with Crippen molar-refractivity contribution in [2.75, 3.05) is 0 Å². The van der Waals surface area contributed by atoms with Gasteiger partial charge in [0.25, 0.3) is 6.43 Å². The maximum Gasteiger partial charge on any atom is 0.405 e. The molecule has 100 valence electrons. The molecule has 0 saturated heterocycles. The lowest BCUT2D eigenvalue weighted by molar-refractivity contribution is 0.144. The normalized spacial score (nSPS) is 11.7. The number of amides is 1. The Balaban J connectivity index is 2.91. The van der Waals surface area contributed by atoms with Gasteiger partial charge in [0, 0.05) is 22.1 Å². The molecule has 1 aromatic heterocycles. The minimum Gasteiger partial charge on any atom is -0.465 e. The van der Waals surface area contributed by atoms with E-state index in [9.17, 15) is 13.6 Å². The first kappa shape index (κ1) is 14.8. The van der Waals surface area contributed by atoms with Crippen molar-refractivity contribution in [3.05, 3.63) is 28.0 Å². The predicted molar refractivity (Wildman–Crippen MR) is 65.8 cm³/mol. The lowest BCUT2D eigenvalue weighted by Crippen LogP contribution is -2.44. The third-order valence-corrected chi connectivity index (χ3v) is 2.88. The fourth-order valence-corrected chi connectivity index (χ4v) is 1.93. The van der Waals surface area contributed by atoms with Gasteiger partial charge in [0.05, 0.1) is 0 Å². The molecule has 1 amide bonds. The van der Waals surface area contributed by atoms with E-state index in [2.05, 4.69) is 26.2 Å². The Morgan fingerprint density at radius 2 is 2.17 bits per heavy atom. The van der Waals surface area contributed by atoms with Crippen molar-refractivity contribution in [3.8, 4) is 0 Å². The SMILES string of the molecule is CC(C)(Cc1ccc(Br)c(C(F)F)n1)NC(=O)O. The molecule has 0 aliphatic carbocycles. The Kier molecular flexibility index (Phi) is 4.61. The first-order chi connectivity index (χ1) is 8.21. The largest absolute Gasteiger partial charge is 0.465 e. The van der Waals surface area contributed by atoms with Gasteiger partial charge in [0.15, 0.2) is 0 Å². The molecule has 7 heteroatoms. The van der Waals surface area contributed by atoms with E-state index in [1.165, 1.54) is 6.07 Å². The Morgan fingerprint density at radius 1 is 1.56 bits per heavy atom. The van der Waals surface area contributed by atoms with Gasteiger partial charge < -0.3 is 10.4 Å². The molecule has 1 aromatic rings. The number of hydrogen-bond donors (Lipinski definition) is 2. The Bertz CT molecular complexity index is 453. The van der Waals surface area contributed by atoms with Gasteiger partial charge in [-0.3, -0.25) is 4.98 Å². The zero-order chi connectivity index (χ0) is 13.9. The number of aromatic nitrogens is 1. The molecule has 0 bridgehead atoms. The van der Waals surface area contributed by atoms with Crippen LogP contribution in [-0.2, 0) is 6.42 Å². The standard InChI is InChI=1S/C11H13BrF2N2O2/c1-11(2,16-10(17)18)5-6-3-4-7(12)8(15-6)9(13)14/h3-4,9,16H,5H2,1-2H3,(H,17,18). The van der Waals surface area contributed by atoms with Gasteiger partial charge in [-0.1, -0.05) is 0 Å². The maximum atomic E-state index is 12.6. The molecule has 0 spiro atoms. The summed E-state index contributed by atoms with van der Waals surface area (Å²) in [6.07, 6.45) is -3.60. The summed E-state index contributed by atoms with van der Waals surface area (Å²) in [6, 6.07) is 3.07. The molecule has 0 unspecified atom stereocenters. The van der Waals surface area contributed by atoms with Gasteiger partial charge in [0.2, 0.25) is 0 Å². The second-order valence-electron chi connectivity index (χ2n) is 4.46. The third kappa shape index (κ3) is 4.21.